The van der Waals surface area contributed by atoms with Gasteiger partial charge in [0.25, 0.3) is 0 Å². The van der Waals surface area contributed by atoms with Crippen molar-refractivity contribution in [3.8, 4) is 0 Å². The maximum atomic E-state index is 12.9. The van der Waals surface area contributed by atoms with Gasteiger partial charge in [-0.3, -0.25) is 4.79 Å². The lowest BCUT2D eigenvalue weighted by atomic mass is 9.79. The van der Waals surface area contributed by atoms with Crippen molar-refractivity contribution in [1.82, 2.24) is 10.2 Å². The summed E-state index contributed by atoms with van der Waals surface area (Å²) in [7, 11) is 0. The van der Waals surface area contributed by atoms with E-state index in [0.29, 0.717) is 11.9 Å². The number of hydrogen-bond donors (Lipinski definition) is 1. The van der Waals surface area contributed by atoms with Crippen molar-refractivity contribution in [2.75, 3.05) is 13.1 Å². The van der Waals surface area contributed by atoms with E-state index in [0.717, 1.165) is 32.5 Å². The fourth-order valence-electron chi connectivity index (χ4n) is 2.87. The third kappa shape index (κ3) is 2.84. The van der Waals surface area contributed by atoms with E-state index in [1.807, 2.05) is 0 Å². The van der Waals surface area contributed by atoms with E-state index in [1.165, 1.54) is 18.4 Å². The second-order valence-electron chi connectivity index (χ2n) is 6.11. The smallest absolute Gasteiger partial charge is 0.229 e. The number of amides is 1. The van der Waals surface area contributed by atoms with Gasteiger partial charge in [-0.1, -0.05) is 6.92 Å². The first-order valence-corrected chi connectivity index (χ1v) is 8.16. The predicted molar refractivity (Wildman–Crippen MR) is 78.1 cm³/mol. The first kappa shape index (κ1) is 13.1. The maximum Gasteiger partial charge on any atom is 0.229 e. The fourth-order valence-corrected chi connectivity index (χ4v) is 3.53. The quantitative estimate of drug-likeness (QED) is 0.918. The minimum absolute atomic E-state index is 0.149. The van der Waals surface area contributed by atoms with Crippen LogP contribution in [0.15, 0.2) is 16.8 Å². The molecular weight excluding hydrogens is 256 g/mol. The Morgan fingerprint density at radius 1 is 1.47 bits per heavy atom. The summed E-state index contributed by atoms with van der Waals surface area (Å²) in [6, 6.07) is 2.64. The van der Waals surface area contributed by atoms with Crippen molar-refractivity contribution in [2.24, 2.45) is 5.41 Å². The summed E-state index contributed by atoms with van der Waals surface area (Å²) in [5, 5.41) is 7.61. The number of carbonyl (C=O) groups excluding carboxylic acids is 1. The van der Waals surface area contributed by atoms with Crippen LogP contribution in [0.4, 0.5) is 0 Å². The molecule has 4 heteroatoms. The molecule has 2 fully saturated rings. The lowest BCUT2D eigenvalue weighted by molar-refractivity contribution is -0.144. The Morgan fingerprint density at radius 3 is 2.79 bits per heavy atom. The molecule has 1 aromatic rings. The van der Waals surface area contributed by atoms with Gasteiger partial charge in [0.2, 0.25) is 5.91 Å². The molecule has 3 rings (SSSR count). The summed E-state index contributed by atoms with van der Waals surface area (Å²) in [5.41, 5.74) is 1.13. The highest BCUT2D eigenvalue weighted by atomic mass is 32.1. The van der Waals surface area contributed by atoms with Gasteiger partial charge >= 0.3 is 0 Å². The van der Waals surface area contributed by atoms with Crippen LogP contribution in [0.3, 0.4) is 0 Å². The molecule has 1 aliphatic heterocycles. The molecule has 3 nitrogen and oxygen atoms in total. The zero-order valence-corrected chi connectivity index (χ0v) is 12.3. The summed E-state index contributed by atoms with van der Waals surface area (Å²) >= 11 is 1.71. The van der Waals surface area contributed by atoms with E-state index in [1.54, 1.807) is 11.3 Å². The van der Waals surface area contributed by atoms with E-state index in [4.69, 9.17) is 0 Å². The van der Waals surface area contributed by atoms with E-state index < -0.39 is 0 Å². The molecule has 104 valence electrons. The predicted octanol–water partition coefficient (Wildman–Crippen LogP) is 2.63. The number of hydrogen-bond acceptors (Lipinski definition) is 3. The van der Waals surface area contributed by atoms with Crippen molar-refractivity contribution in [3.63, 3.8) is 0 Å². The summed E-state index contributed by atoms with van der Waals surface area (Å²) in [5.74, 6) is 0.378. The van der Waals surface area contributed by atoms with E-state index in [-0.39, 0.29) is 5.41 Å². The normalized spacial score (nSPS) is 22.2. The Balaban J connectivity index is 1.74. The van der Waals surface area contributed by atoms with Gasteiger partial charge in [-0.05, 0) is 61.2 Å². The van der Waals surface area contributed by atoms with Crippen LogP contribution in [-0.4, -0.2) is 29.9 Å². The summed E-state index contributed by atoms with van der Waals surface area (Å²) in [6.45, 7) is 4.90. The molecule has 2 heterocycles. The standard InChI is InChI=1S/C15H22N2OS/c1-15(5-7-16-8-6-15)14(18)17(13-2-3-13)10-12-4-9-19-11-12/h4,9,11,13,16H,2-3,5-8,10H2,1H3. The molecule has 2 aliphatic rings. The molecular formula is C15H22N2OS. The first-order valence-electron chi connectivity index (χ1n) is 7.22. The minimum atomic E-state index is -0.149. The van der Waals surface area contributed by atoms with E-state index >= 15 is 0 Å². The Morgan fingerprint density at radius 2 is 2.21 bits per heavy atom. The number of carbonyl (C=O) groups is 1. The molecule has 0 unspecified atom stereocenters. The van der Waals surface area contributed by atoms with Crippen molar-refractivity contribution < 1.29 is 4.79 Å². The fraction of sp³-hybridized carbons (Fsp3) is 0.667. The number of rotatable bonds is 4. The molecule has 19 heavy (non-hydrogen) atoms. The monoisotopic (exact) mass is 278 g/mol. The molecule has 1 aromatic heterocycles. The van der Waals surface area contributed by atoms with Crippen LogP contribution >= 0.6 is 11.3 Å². The van der Waals surface area contributed by atoms with Crippen molar-refractivity contribution in [1.29, 1.82) is 0 Å². The number of thiophene rings is 1. The van der Waals surface area contributed by atoms with Gasteiger partial charge in [-0.2, -0.15) is 11.3 Å². The van der Waals surface area contributed by atoms with Gasteiger partial charge < -0.3 is 10.2 Å². The zero-order chi connectivity index (χ0) is 13.3. The van der Waals surface area contributed by atoms with Gasteiger partial charge in [0.05, 0.1) is 0 Å². The Kier molecular flexibility index (Phi) is 3.63. The van der Waals surface area contributed by atoms with Gasteiger partial charge in [0, 0.05) is 18.0 Å². The lowest BCUT2D eigenvalue weighted by Crippen LogP contribution is -2.48. The minimum Gasteiger partial charge on any atom is -0.335 e. The number of nitrogens with zero attached hydrogens (tertiary/aromatic N) is 1. The second-order valence-corrected chi connectivity index (χ2v) is 6.89. The van der Waals surface area contributed by atoms with Gasteiger partial charge in [0.15, 0.2) is 0 Å². The molecule has 0 bridgehead atoms. The van der Waals surface area contributed by atoms with E-state index in [9.17, 15) is 4.79 Å². The molecule has 0 spiro atoms. The first-order chi connectivity index (χ1) is 9.19. The largest absolute Gasteiger partial charge is 0.335 e. The third-order valence-electron chi connectivity index (χ3n) is 4.40. The average Bonchev–Trinajstić information content (AvgIpc) is 3.13. The van der Waals surface area contributed by atoms with Gasteiger partial charge in [-0.25, -0.2) is 0 Å². The topological polar surface area (TPSA) is 32.3 Å². The van der Waals surface area contributed by atoms with Crippen LogP contribution in [0, 0.1) is 5.41 Å². The molecule has 1 saturated heterocycles. The molecule has 0 atom stereocenters. The molecule has 1 N–H and O–H groups in total. The highest BCUT2D eigenvalue weighted by Crippen LogP contribution is 2.36. The molecule has 1 amide bonds. The zero-order valence-electron chi connectivity index (χ0n) is 11.5. The van der Waals surface area contributed by atoms with Crippen molar-refractivity contribution in [2.45, 2.75) is 45.2 Å². The Bertz CT molecular complexity index is 433. The SMILES string of the molecule is CC1(C(=O)N(Cc2ccsc2)C2CC2)CCNCC1. The van der Waals surface area contributed by atoms with Crippen LogP contribution in [0.1, 0.15) is 38.2 Å². The van der Waals surface area contributed by atoms with Crippen LogP contribution in [0.25, 0.3) is 0 Å². The molecule has 1 saturated carbocycles. The molecule has 1 aliphatic carbocycles. The third-order valence-corrected chi connectivity index (χ3v) is 5.14. The summed E-state index contributed by atoms with van der Waals surface area (Å²) < 4.78 is 0. The second kappa shape index (κ2) is 5.25. The van der Waals surface area contributed by atoms with Gasteiger partial charge in [0.1, 0.15) is 0 Å². The highest BCUT2D eigenvalue weighted by molar-refractivity contribution is 7.07. The van der Waals surface area contributed by atoms with E-state index in [2.05, 4.69) is 34.0 Å². The summed E-state index contributed by atoms with van der Waals surface area (Å²) in [6.07, 6.45) is 4.31. The lowest BCUT2D eigenvalue weighted by Gasteiger charge is -2.37. The van der Waals surface area contributed by atoms with Gasteiger partial charge in [-0.15, -0.1) is 0 Å². The van der Waals surface area contributed by atoms with Crippen LogP contribution in [0.5, 0.6) is 0 Å². The molecule has 0 radical (unpaired) electrons. The number of piperidine rings is 1. The Hall–Kier alpha value is -0.870. The van der Waals surface area contributed by atoms with Crippen molar-refractivity contribution in [3.05, 3.63) is 22.4 Å². The van der Waals surface area contributed by atoms with Crippen LogP contribution < -0.4 is 5.32 Å². The van der Waals surface area contributed by atoms with Crippen LogP contribution in [-0.2, 0) is 11.3 Å². The van der Waals surface area contributed by atoms with Crippen LogP contribution in [0.2, 0.25) is 0 Å². The van der Waals surface area contributed by atoms with Crippen molar-refractivity contribution >= 4 is 17.2 Å². The summed E-state index contributed by atoms with van der Waals surface area (Å²) in [4.78, 5) is 15.1. The molecule has 0 aromatic carbocycles. The Labute approximate surface area is 119 Å². The highest BCUT2D eigenvalue weighted by Gasteiger charge is 2.42. The average molecular weight is 278 g/mol. The maximum absolute atomic E-state index is 12.9. The number of nitrogens with one attached hydrogen (secondary N) is 1.